The molecule has 0 spiro atoms. The molecule has 1 radical (unpaired) electrons. The monoisotopic (exact) mass is 251 g/mol. The van der Waals surface area contributed by atoms with Gasteiger partial charge >= 0.3 is 51.4 Å². The third kappa shape index (κ3) is 2.61. The van der Waals surface area contributed by atoms with Gasteiger partial charge < -0.3 is 13.4 Å². The second kappa shape index (κ2) is 5.78. The van der Waals surface area contributed by atoms with Gasteiger partial charge in [0.15, 0.2) is 0 Å². The first-order chi connectivity index (χ1) is 7.95. The fraction of sp³-hybridized carbons (Fsp3) is 0. The normalized spacial score (nSPS) is 10.4. The summed E-state index contributed by atoms with van der Waals surface area (Å²) in [5, 5.41) is 0. The Morgan fingerprint density at radius 2 is 1.00 bits per heavy atom. The van der Waals surface area contributed by atoms with E-state index in [0.717, 1.165) is 0 Å². The van der Waals surface area contributed by atoms with Crippen molar-refractivity contribution < 1.29 is 51.4 Å². The molecule has 79 valence electrons. The maximum atomic E-state index is 4.06. The van der Waals surface area contributed by atoms with E-state index in [0.29, 0.717) is 0 Å². The summed E-state index contributed by atoms with van der Waals surface area (Å²) in [6, 6.07) is 0. The van der Waals surface area contributed by atoms with Crippen LogP contribution in [-0.2, 0) is 0 Å². The van der Waals surface area contributed by atoms with Crippen LogP contribution in [0.3, 0.4) is 0 Å². The molecule has 3 rings (SSSR count). The molecule has 0 saturated carbocycles. The van der Waals surface area contributed by atoms with E-state index in [9.17, 15) is 0 Å². The van der Waals surface area contributed by atoms with E-state index in [4.69, 9.17) is 0 Å². The van der Waals surface area contributed by atoms with Gasteiger partial charge in [0.1, 0.15) is 0 Å². The second-order valence-corrected chi connectivity index (χ2v) is 3.38. The van der Waals surface area contributed by atoms with Crippen LogP contribution in [-0.4, -0.2) is 35.5 Å². The van der Waals surface area contributed by atoms with Crippen molar-refractivity contribution in [2.45, 2.75) is 0 Å². The Balaban J connectivity index is 0.00000108. The van der Waals surface area contributed by atoms with E-state index in [2.05, 4.69) is 15.0 Å². The molecule has 0 aliphatic rings. The van der Waals surface area contributed by atoms with Crippen LogP contribution >= 0.6 is 0 Å². The molecule has 0 atom stereocenters. The number of nitrogens with zero attached hydrogens (tertiary/aromatic N) is 6. The summed E-state index contributed by atoms with van der Waals surface area (Å²) >= 11 is 0. The molecule has 0 bridgehead atoms. The summed E-state index contributed by atoms with van der Waals surface area (Å²) < 4.78 is 5.93. The number of hydrogen-bond acceptors (Lipinski definition) is 3. The van der Waals surface area contributed by atoms with E-state index in [1.54, 1.807) is 37.6 Å². The average molecular weight is 251 g/mol. The van der Waals surface area contributed by atoms with Crippen LogP contribution in [0.2, 0.25) is 0 Å². The van der Waals surface area contributed by atoms with Gasteiger partial charge in [0, 0.05) is 18.6 Å². The van der Waals surface area contributed by atoms with E-state index in [-0.39, 0.29) is 58.5 Å². The number of hydrogen-bond donors (Lipinski definition) is 0. The Hall–Kier alpha value is -0.669. The third-order valence-electron chi connectivity index (χ3n) is 2.37. The van der Waals surface area contributed by atoms with Crippen molar-refractivity contribution in [1.82, 2.24) is 28.4 Å². The molecule has 3 aromatic heterocycles. The van der Waals surface area contributed by atoms with Crippen LogP contribution in [0.1, 0.15) is 0 Å². The topological polar surface area (TPSA) is 53.5 Å². The summed E-state index contributed by atoms with van der Waals surface area (Å²) in [6.07, 6.45) is 16.3. The molecule has 0 unspecified atom stereocenters. The van der Waals surface area contributed by atoms with Gasteiger partial charge in [-0.05, 0) is 18.6 Å². The van der Waals surface area contributed by atoms with Gasteiger partial charge in [-0.2, -0.15) is 0 Å². The van der Waals surface area contributed by atoms with Crippen molar-refractivity contribution in [2.75, 3.05) is 0 Å². The molecule has 0 N–H and O–H groups in total. The molecule has 0 aliphatic carbocycles. The van der Waals surface area contributed by atoms with E-state index >= 15 is 0 Å². The zero-order chi connectivity index (χ0) is 10.8. The van der Waals surface area contributed by atoms with E-state index in [1.165, 1.54) is 0 Å². The second-order valence-electron chi connectivity index (χ2n) is 3.38. The van der Waals surface area contributed by atoms with Gasteiger partial charge in [0.05, 0.1) is 19.0 Å². The van der Waals surface area contributed by atoms with Crippen LogP contribution in [0.25, 0.3) is 0 Å². The molecule has 6 nitrogen and oxygen atoms in total. The largest absolute Gasteiger partial charge is 1.00 e. The van der Waals surface area contributed by atoms with Crippen molar-refractivity contribution in [3.8, 4) is 0 Å². The Kier molecular flexibility index (Phi) is 4.35. The van der Waals surface area contributed by atoms with Crippen molar-refractivity contribution >= 4 is 7.12 Å². The maximum absolute atomic E-state index is 4.06. The van der Waals surface area contributed by atoms with Crippen LogP contribution in [0.15, 0.2) is 56.2 Å². The molecule has 3 heterocycles. The van der Waals surface area contributed by atoms with Crippen molar-refractivity contribution in [1.29, 1.82) is 0 Å². The standard InChI is InChI=1S/C9H9BN6.K/c1-4-14(7-11-1)10(15-5-2-12-8-15)16-6-3-13-9-16;/h1-9H;/q-1;+1. The van der Waals surface area contributed by atoms with Gasteiger partial charge in [-0.3, -0.25) is 0 Å². The molecule has 17 heavy (non-hydrogen) atoms. The van der Waals surface area contributed by atoms with Crippen LogP contribution in [0.5, 0.6) is 0 Å². The van der Waals surface area contributed by atoms with Crippen LogP contribution < -0.4 is 51.4 Å². The summed E-state index contributed by atoms with van der Waals surface area (Å²) in [5.74, 6) is 0. The number of imidazole rings is 3. The molecule has 0 fully saturated rings. The predicted molar refractivity (Wildman–Crippen MR) is 58.6 cm³/mol. The van der Waals surface area contributed by atoms with E-state index in [1.807, 2.05) is 32.0 Å². The summed E-state index contributed by atoms with van der Waals surface area (Å²) in [4.78, 5) is 12.2. The molecule has 0 saturated heterocycles. The SMILES string of the molecule is [K+].c1cn([B-](n2ccnc2)n2ccnc2)cn1. The number of aromatic nitrogens is 6. The summed E-state index contributed by atoms with van der Waals surface area (Å²) in [6.45, 7) is 0. The molecular formula is C9H9BKN6. The Morgan fingerprint density at radius 1 is 0.647 bits per heavy atom. The summed E-state index contributed by atoms with van der Waals surface area (Å²) in [5.41, 5.74) is 0. The Morgan fingerprint density at radius 3 is 1.24 bits per heavy atom. The molecule has 0 aromatic carbocycles. The van der Waals surface area contributed by atoms with Crippen molar-refractivity contribution in [3.05, 3.63) is 56.2 Å². The summed E-state index contributed by atoms with van der Waals surface area (Å²) in [7, 11) is -0.0486. The average Bonchev–Trinajstić information content (AvgIpc) is 3.02. The minimum atomic E-state index is -0.0486. The van der Waals surface area contributed by atoms with Gasteiger partial charge in [-0.15, -0.1) is 0 Å². The molecule has 3 aromatic rings. The van der Waals surface area contributed by atoms with Crippen LogP contribution in [0.4, 0.5) is 0 Å². The van der Waals surface area contributed by atoms with E-state index < -0.39 is 0 Å². The molecular weight excluding hydrogens is 242 g/mol. The first kappa shape index (κ1) is 12.8. The molecule has 0 aliphatic heterocycles. The fourth-order valence-electron chi connectivity index (χ4n) is 1.68. The van der Waals surface area contributed by atoms with Crippen molar-refractivity contribution in [2.24, 2.45) is 0 Å². The minimum Gasteiger partial charge on any atom is -0.498 e. The third-order valence-corrected chi connectivity index (χ3v) is 2.37. The minimum absolute atomic E-state index is 0. The van der Waals surface area contributed by atoms with Gasteiger partial charge in [-0.25, -0.2) is 15.0 Å². The zero-order valence-electron chi connectivity index (χ0n) is 9.46. The van der Waals surface area contributed by atoms with Crippen molar-refractivity contribution in [3.63, 3.8) is 0 Å². The predicted octanol–water partition coefficient (Wildman–Crippen LogP) is -2.79. The Labute approximate surface area is 141 Å². The zero-order valence-corrected chi connectivity index (χ0v) is 12.6. The fourth-order valence-corrected chi connectivity index (χ4v) is 1.68. The van der Waals surface area contributed by atoms with Gasteiger partial charge in [-0.1, -0.05) is 0 Å². The maximum Gasteiger partial charge on any atom is 1.00 e. The first-order valence-electron chi connectivity index (χ1n) is 4.87. The smallest absolute Gasteiger partial charge is 0.498 e. The molecule has 8 heteroatoms. The first-order valence-corrected chi connectivity index (χ1v) is 4.87. The number of rotatable bonds is 3. The quantitative estimate of drug-likeness (QED) is 0.473. The Bertz CT molecular complexity index is 451. The van der Waals surface area contributed by atoms with Gasteiger partial charge in [0.25, 0.3) is 0 Å². The van der Waals surface area contributed by atoms with Crippen LogP contribution in [0, 0.1) is 0 Å². The molecule has 0 amide bonds. The van der Waals surface area contributed by atoms with Gasteiger partial charge in [0.2, 0.25) is 7.12 Å².